The average Bonchev–Trinajstić information content (AvgIpc) is 2.61. The minimum absolute atomic E-state index is 0. The van der Waals surface area contributed by atoms with E-state index in [2.05, 4.69) is 20.3 Å². The highest BCUT2D eigenvalue weighted by Gasteiger charge is 2.18. The second-order valence-corrected chi connectivity index (χ2v) is 7.74. The lowest BCUT2D eigenvalue weighted by molar-refractivity contribution is -0.385. The first-order valence-corrected chi connectivity index (χ1v) is 9.33. The molecule has 154 valence electrons. The first-order chi connectivity index (χ1) is 12.1. The highest BCUT2D eigenvalue weighted by molar-refractivity contribution is 14.0. The lowest BCUT2D eigenvalue weighted by atomic mass is 10.1. The van der Waals surface area contributed by atoms with Gasteiger partial charge in [0.2, 0.25) is 10.0 Å². The fraction of sp³-hybridized carbons (Fsp3) is 0.533. The van der Waals surface area contributed by atoms with Crippen LogP contribution in [0.4, 0.5) is 5.69 Å². The number of benzene rings is 1. The van der Waals surface area contributed by atoms with Crippen LogP contribution >= 0.6 is 24.0 Å². The number of methoxy groups -OCH3 is 1. The van der Waals surface area contributed by atoms with Crippen molar-refractivity contribution in [1.29, 1.82) is 0 Å². The maximum atomic E-state index is 12.2. The Morgan fingerprint density at radius 3 is 2.52 bits per heavy atom. The van der Waals surface area contributed by atoms with E-state index in [0.717, 1.165) is 6.07 Å². The van der Waals surface area contributed by atoms with Crippen LogP contribution in [-0.4, -0.2) is 58.7 Å². The van der Waals surface area contributed by atoms with E-state index in [1.54, 1.807) is 14.2 Å². The molecule has 3 N–H and O–H groups in total. The van der Waals surface area contributed by atoms with E-state index in [0.29, 0.717) is 12.5 Å². The number of non-ortho nitro benzene ring substituents is 1. The van der Waals surface area contributed by atoms with Crippen molar-refractivity contribution in [3.8, 4) is 0 Å². The molecule has 1 rings (SSSR count). The number of guanidine groups is 1. The highest BCUT2D eigenvalue weighted by Crippen LogP contribution is 2.16. The molecular weight excluding hydrogens is 489 g/mol. The van der Waals surface area contributed by atoms with Crippen molar-refractivity contribution in [3.63, 3.8) is 0 Å². The summed E-state index contributed by atoms with van der Waals surface area (Å²) in [5.41, 5.74) is -0.655. The summed E-state index contributed by atoms with van der Waals surface area (Å²) in [7, 11) is -0.624. The number of nitro groups is 1. The van der Waals surface area contributed by atoms with Crippen LogP contribution in [-0.2, 0) is 14.8 Å². The standard InChI is InChI=1S/C15H25N5O5S.HI/c1-15(2,25-4)11-18-14(16-3)17-8-9-19-26(23,24)13-7-5-6-12(10-13)20(21)22;/h5-7,10,19H,8-9,11H2,1-4H3,(H2,16,17,18);1H. The van der Waals surface area contributed by atoms with Gasteiger partial charge in [0.1, 0.15) is 0 Å². The fourth-order valence-corrected chi connectivity index (χ4v) is 2.87. The predicted molar refractivity (Wildman–Crippen MR) is 114 cm³/mol. The fourth-order valence-electron chi connectivity index (χ4n) is 1.80. The molecule has 0 unspecified atom stereocenters. The van der Waals surface area contributed by atoms with Gasteiger partial charge in [0.05, 0.1) is 15.4 Å². The summed E-state index contributed by atoms with van der Waals surface area (Å²) >= 11 is 0. The van der Waals surface area contributed by atoms with Gasteiger partial charge in [-0.25, -0.2) is 13.1 Å². The number of nitrogens with one attached hydrogen (secondary N) is 3. The number of nitrogens with zero attached hydrogens (tertiary/aromatic N) is 2. The Labute approximate surface area is 176 Å². The lowest BCUT2D eigenvalue weighted by Crippen LogP contribution is -2.46. The molecule has 10 nitrogen and oxygen atoms in total. The van der Waals surface area contributed by atoms with E-state index < -0.39 is 14.9 Å². The van der Waals surface area contributed by atoms with Gasteiger partial charge in [-0.2, -0.15) is 0 Å². The Kier molecular flexibility index (Phi) is 10.7. The zero-order valence-electron chi connectivity index (χ0n) is 15.7. The summed E-state index contributed by atoms with van der Waals surface area (Å²) in [6.45, 7) is 4.71. The van der Waals surface area contributed by atoms with Crippen LogP contribution in [0.2, 0.25) is 0 Å². The average molecular weight is 515 g/mol. The zero-order chi connectivity index (χ0) is 19.8. The van der Waals surface area contributed by atoms with Crippen LogP contribution in [0, 0.1) is 10.1 Å². The smallest absolute Gasteiger partial charge is 0.270 e. The number of sulfonamides is 1. The largest absolute Gasteiger partial charge is 0.377 e. The Balaban J connectivity index is 0.00000676. The summed E-state index contributed by atoms with van der Waals surface area (Å²) in [6, 6.07) is 4.88. The maximum absolute atomic E-state index is 12.2. The van der Waals surface area contributed by atoms with E-state index in [-0.39, 0.29) is 53.3 Å². The third kappa shape index (κ3) is 8.81. The quantitative estimate of drug-likeness (QED) is 0.112. The van der Waals surface area contributed by atoms with Gasteiger partial charge >= 0.3 is 0 Å². The molecule has 0 saturated heterocycles. The molecular formula is C15H26IN5O5S. The van der Waals surface area contributed by atoms with Gasteiger partial charge in [0, 0.05) is 45.9 Å². The molecule has 0 heterocycles. The number of ether oxygens (including phenoxy) is 1. The number of hydrogen-bond donors (Lipinski definition) is 3. The summed E-state index contributed by atoms with van der Waals surface area (Å²) in [4.78, 5) is 14.0. The molecule has 0 saturated carbocycles. The van der Waals surface area contributed by atoms with E-state index in [9.17, 15) is 18.5 Å². The lowest BCUT2D eigenvalue weighted by Gasteiger charge is -2.24. The van der Waals surface area contributed by atoms with E-state index >= 15 is 0 Å². The van der Waals surface area contributed by atoms with Crippen LogP contribution in [0.25, 0.3) is 0 Å². The number of aliphatic imine (C=N–C) groups is 1. The molecule has 0 aliphatic heterocycles. The van der Waals surface area contributed by atoms with E-state index in [1.165, 1.54) is 18.2 Å². The van der Waals surface area contributed by atoms with Crippen LogP contribution in [0.5, 0.6) is 0 Å². The van der Waals surface area contributed by atoms with Gasteiger partial charge in [-0.05, 0) is 19.9 Å². The van der Waals surface area contributed by atoms with Crippen molar-refractivity contribution in [1.82, 2.24) is 15.4 Å². The van der Waals surface area contributed by atoms with Crippen LogP contribution < -0.4 is 15.4 Å². The molecule has 1 aromatic rings. The molecule has 27 heavy (non-hydrogen) atoms. The molecule has 0 fully saturated rings. The third-order valence-corrected chi connectivity index (χ3v) is 4.96. The minimum atomic E-state index is -3.84. The minimum Gasteiger partial charge on any atom is -0.377 e. The highest BCUT2D eigenvalue weighted by atomic mass is 127. The molecule has 0 spiro atoms. The third-order valence-electron chi connectivity index (χ3n) is 3.51. The van der Waals surface area contributed by atoms with Gasteiger partial charge in [0.15, 0.2) is 5.96 Å². The van der Waals surface area contributed by atoms with Crippen molar-refractivity contribution < 1.29 is 18.1 Å². The number of halogens is 1. The topological polar surface area (TPSA) is 135 Å². The van der Waals surface area contributed by atoms with E-state index in [1.807, 2.05) is 13.8 Å². The van der Waals surface area contributed by atoms with Gasteiger partial charge in [-0.1, -0.05) is 6.07 Å². The second-order valence-electron chi connectivity index (χ2n) is 5.97. The molecule has 0 aliphatic rings. The number of nitro benzene ring substituents is 1. The first-order valence-electron chi connectivity index (χ1n) is 7.85. The van der Waals surface area contributed by atoms with Crippen molar-refractivity contribution in [3.05, 3.63) is 34.4 Å². The van der Waals surface area contributed by atoms with Crippen LogP contribution in [0.3, 0.4) is 0 Å². The van der Waals surface area contributed by atoms with Gasteiger partial charge < -0.3 is 15.4 Å². The first kappa shape index (κ1) is 25.5. The monoisotopic (exact) mass is 515 g/mol. The van der Waals surface area contributed by atoms with Gasteiger partial charge in [-0.3, -0.25) is 15.1 Å². The Bertz CT molecular complexity index is 755. The van der Waals surface area contributed by atoms with E-state index in [4.69, 9.17) is 4.74 Å². The Morgan fingerprint density at radius 1 is 1.30 bits per heavy atom. The van der Waals surface area contributed by atoms with Gasteiger partial charge in [0.25, 0.3) is 5.69 Å². The molecule has 0 atom stereocenters. The molecule has 0 radical (unpaired) electrons. The second kappa shape index (κ2) is 11.4. The summed E-state index contributed by atoms with van der Waals surface area (Å²) < 4.78 is 32.1. The number of hydrogen-bond acceptors (Lipinski definition) is 6. The number of rotatable bonds is 9. The summed E-state index contributed by atoms with van der Waals surface area (Å²) in [5, 5.41) is 16.8. The summed E-state index contributed by atoms with van der Waals surface area (Å²) in [5.74, 6) is 0.504. The molecule has 12 heteroatoms. The Morgan fingerprint density at radius 2 is 1.96 bits per heavy atom. The SMILES string of the molecule is CN=C(NCCNS(=O)(=O)c1cccc([N+](=O)[O-])c1)NCC(C)(C)OC.I. The molecule has 0 amide bonds. The zero-order valence-corrected chi connectivity index (χ0v) is 18.8. The predicted octanol–water partition coefficient (Wildman–Crippen LogP) is 1.08. The van der Waals surface area contributed by atoms with Crippen molar-refractivity contribution in [2.24, 2.45) is 4.99 Å². The van der Waals surface area contributed by atoms with Crippen LogP contribution in [0.1, 0.15) is 13.8 Å². The molecule has 1 aromatic carbocycles. The molecule has 0 aliphatic carbocycles. The summed E-state index contributed by atoms with van der Waals surface area (Å²) in [6.07, 6.45) is 0. The maximum Gasteiger partial charge on any atom is 0.270 e. The van der Waals surface area contributed by atoms with Crippen molar-refractivity contribution in [2.45, 2.75) is 24.3 Å². The van der Waals surface area contributed by atoms with Crippen molar-refractivity contribution in [2.75, 3.05) is 33.8 Å². The molecule has 0 aromatic heterocycles. The molecule has 0 bridgehead atoms. The van der Waals surface area contributed by atoms with Crippen LogP contribution in [0.15, 0.2) is 34.2 Å². The Hall–Kier alpha value is -1.51. The normalized spacial score (nSPS) is 12.2. The van der Waals surface area contributed by atoms with Gasteiger partial charge in [-0.15, -0.1) is 24.0 Å². The van der Waals surface area contributed by atoms with Crippen molar-refractivity contribution >= 4 is 45.6 Å².